The summed E-state index contributed by atoms with van der Waals surface area (Å²) < 4.78 is 0. The van der Waals surface area contributed by atoms with Gasteiger partial charge in [0.15, 0.2) is 5.96 Å². The number of hydrogen-bond acceptors (Lipinski definition) is 24. The monoisotopic (exact) mass is 1510 g/mol. The molecule has 0 fully saturated rings. The molecule has 0 rings (SSSR count). The van der Waals surface area contributed by atoms with Crippen molar-refractivity contribution in [1.29, 1.82) is 0 Å². The predicted molar refractivity (Wildman–Crippen MR) is 371 cm³/mol. The van der Waals surface area contributed by atoms with E-state index >= 15 is 0 Å². The summed E-state index contributed by atoms with van der Waals surface area (Å²) in [6, 6.07) is -20.3. The summed E-state index contributed by atoms with van der Waals surface area (Å²) in [5, 5.41) is 92.2. The summed E-state index contributed by atoms with van der Waals surface area (Å²) in [6.45, 7) is 11.0. The van der Waals surface area contributed by atoms with Crippen molar-refractivity contribution >= 4 is 119 Å². The summed E-state index contributed by atoms with van der Waals surface area (Å²) in [6.07, 6.45) is -5.73. The first-order chi connectivity index (χ1) is 48.5. The number of nitrogens with zero attached hydrogens (tertiary/aromatic N) is 1. The number of nitrogens with two attached hydrogens (primary N) is 4. The maximum Gasteiger partial charge on any atom is 0.327 e. The number of aliphatic hydroxyl groups is 4. The molecular weight excluding hydrogens is 1400 g/mol. The van der Waals surface area contributed by atoms with Crippen LogP contribution in [0.5, 0.6) is 0 Å². The summed E-state index contributed by atoms with van der Waals surface area (Å²) in [5.41, 5.74) is 21.5. The second kappa shape index (κ2) is 48.4. The van der Waals surface area contributed by atoms with Crippen LogP contribution in [0.3, 0.4) is 0 Å². The molecule has 42 nitrogen and oxygen atoms in total. The lowest BCUT2D eigenvalue weighted by Gasteiger charge is -2.29. The van der Waals surface area contributed by atoms with Gasteiger partial charge < -0.3 is 128 Å². The fourth-order valence-electron chi connectivity index (χ4n) is 9.43. The Morgan fingerprint density at radius 2 is 0.769 bits per heavy atom. The van der Waals surface area contributed by atoms with Crippen molar-refractivity contribution in [3.63, 3.8) is 0 Å². The van der Waals surface area contributed by atoms with E-state index in [1.54, 1.807) is 48.5 Å². The minimum absolute atomic E-state index is 0.0165. The lowest BCUT2D eigenvalue weighted by Crippen LogP contribution is -2.62. The Morgan fingerprint density at radius 3 is 1.18 bits per heavy atom. The fraction of sp³-hybridized carbons (Fsp3) is 0.705. The third kappa shape index (κ3) is 36.5. The van der Waals surface area contributed by atoms with Crippen LogP contribution in [-0.2, 0) is 81.5 Å². The first-order valence-corrected chi connectivity index (χ1v) is 33.9. The molecule has 0 saturated carbocycles. The SMILES string of the molecule is CC[C@H](C)[C@H](NC(=O)[C@@H](NC(=O)CNC(=O)[C@H](CC(C)C)NC(=O)[C@H](CC(C)C)NC(=O)[C@H](CC(C)C)NC(=O)[C@@H](NC(=O)[C@H](CCCN=C(N)N)NC(=O)[C@H](CC(=O)O)NC(=O)CNC(=O)CN)[C@@H](C)O)[C@@H](C)O)C(=O)N[C@@H](CC(N)=O)C(=O)N[C@@H](CO)C(=O)N[C@@H](CO)C(=O)N[C@@H](CS)C(=O)O. The number of aliphatic carboxylic acids is 2. The number of aliphatic hydroxyl groups excluding tert-OH is 4. The van der Waals surface area contributed by atoms with E-state index in [-0.39, 0.29) is 74.5 Å². The average Bonchev–Trinajstić information content (AvgIpc) is 0.853. The Balaban J connectivity index is 6.66. The number of carboxylic acid groups (broad SMARTS) is 2. The van der Waals surface area contributed by atoms with E-state index in [9.17, 15) is 112 Å². The molecular formula is C61H107N19O23S. The highest BCUT2D eigenvalue weighted by molar-refractivity contribution is 7.80. The largest absolute Gasteiger partial charge is 0.481 e. The number of primary amides is 1. The van der Waals surface area contributed by atoms with Crippen LogP contribution < -0.4 is 97.4 Å². The molecule has 0 heterocycles. The third-order valence-electron chi connectivity index (χ3n) is 15.1. The van der Waals surface area contributed by atoms with Crippen LogP contribution in [0, 0.1) is 23.7 Å². The normalized spacial score (nSPS) is 15.5. The standard InChI is InChI=1S/C61H107N19O23S/c1-11-29(8)46(57(99)74-36(18-41(63)85)53(95)75-38(23-81)55(97)76-39(24-82)56(98)77-40(25-104)60(102)103)79-59(101)47(30(9)83)78-44(88)22-68-49(91)33(15-26(2)3)71-51(93)34(16-27(4)5)72-52(94)35(17-28(6)7)73-58(100)48(31(10)84)80-50(92)32(13-12-14-66-61(64)65)70-54(96)37(19-45(89)90)69-43(87)21-67-42(86)20-62/h26-40,46-48,81-84,104H,11-25,62H2,1-10H3,(H2,63,85)(H,67,86)(H,68,91)(H,69,87)(H,70,96)(H,71,93)(H,72,94)(H,73,100)(H,74,99)(H,75,95)(H,76,97)(H,77,98)(H,78,88)(H,79,101)(H,80,92)(H,89,90)(H,102,103)(H4,64,65,66)/t29-,30+,31+,32-,33-,34-,35-,36-,37-,38-,39-,40-,46-,47-,48-/m0/s1. The minimum atomic E-state index is -1.93. The zero-order valence-electron chi connectivity index (χ0n) is 59.8. The second-order valence-electron chi connectivity index (χ2n) is 25.7. The van der Waals surface area contributed by atoms with Gasteiger partial charge in [-0.3, -0.25) is 81.7 Å². The Hall–Kier alpha value is -9.59. The Kier molecular flexibility index (Phi) is 43.9. The maximum absolute atomic E-state index is 14.3. The van der Waals surface area contributed by atoms with Gasteiger partial charge in [-0.05, 0) is 69.6 Å². The molecule has 0 aromatic heterocycles. The molecule has 0 aromatic rings. The molecule has 0 bridgehead atoms. The van der Waals surface area contributed by atoms with Crippen molar-refractivity contribution in [3.05, 3.63) is 0 Å². The lowest BCUT2D eigenvalue weighted by atomic mass is 9.97. The number of carboxylic acids is 2. The highest BCUT2D eigenvalue weighted by Crippen LogP contribution is 2.14. The summed E-state index contributed by atoms with van der Waals surface area (Å²) >= 11 is 3.82. The van der Waals surface area contributed by atoms with Crippen LogP contribution in [0.4, 0.5) is 0 Å². The third-order valence-corrected chi connectivity index (χ3v) is 15.5. The second-order valence-corrected chi connectivity index (χ2v) is 26.0. The van der Waals surface area contributed by atoms with Gasteiger partial charge in [0.2, 0.25) is 88.6 Å². The topological polar surface area (TPSA) is 696 Å². The smallest absolute Gasteiger partial charge is 0.327 e. The van der Waals surface area contributed by atoms with Crippen LogP contribution in [-0.4, -0.2) is 267 Å². The highest BCUT2D eigenvalue weighted by atomic mass is 32.1. The minimum Gasteiger partial charge on any atom is -0.481 e. The average molecular weight is 1510 g/mol. The van der Waals surface area contributed by atoms with Gasteiger partial charge in [-0.2, -0.15) is 12.6 Å². The highest BCUT2D eigenvalue weighted by Gasteiger charge is 2.39. The van der Waals surface area contributed by atoms with Crippen LogP contribution >= 0.6 is 12.6 Å². The molecule has 0 aromatic carbocycles. The van der Waals surface area contributed by atoms with Gasteiger partial charge in [-0.15, -0.1) is 0 Å². The summed E-state index contributed by atoms with van der Waals surface area (Å²) in [7, 11) is 0. The molecule has 43 heteroatoms. The van der Waals surface area contributed by atoms with E-state index in [1.807, 2.05) is 10.6 Å². The molecule has 0 spiro atoms. The first-order valence-electron chi connectivity index (χ1n) is 33.3. The number of amides is 15. The van der Waals surface area contributed by atoms with Crippen LogP contribution in [0.2, 0.25) is 0 Å². The molecule has 0 aliphatic heterocycles. The van der Waals surface area contributed by atoms with E-state index < -0.39 is 237 Å². The summed E-state index contributed by atoms with van der Waals surface area (Å²) in [4.78, 5) is 228. The van der Waals surface area contributed by atoms with Gasteiger partial charge in [0.1, 0.15) is 72.5 Å². The van der Waals surface area contributed by atoms with Crippen molar-refractivity contribution in [2.24, 2.45) is 51.6 Å². The maximum atomic E-state index is 14.3. The van der Waals surface area contributed by atoms with Crippen molar-refractivity contribution in [1.82, 2.24) is 74.4 Å². The number of carbonyl (C=O) groups excluding carboxylic acids is 15. The molecule has 104 heavy (non-hydrogen) atoms. The zero-order valence-corrected chi connectivity index (χ0v) is 60.7. The van der Waals surface area contributed by atoms with Crippen molar-refractivity contribution in [2.45, 2.75) is 205 Å². The van der Waals surface area contributed by atoms with Crippen LogP contribution in [0.15, 0.2) is 4.99 Å². The fourth-order valence-corrected chi connectivity index (χ4v) is 9.67. The summed E-state index contributed by atoms with van der Waals surface area (Å²) in [5.74, 6) is -21.9. The first kappa shape index (κ1) is 94.4. The van der Waals surface area contributed by atoms with E-state index in [0.29, 0.717) is 0 Å². The Morgan fingerprint density at radius 1 is 0.413 bits per heavy atom. The van der Waals surface area contributed by atoms with Crippen LogP contribution in [0.25, 0.3) is 0 Å². The van der Waals surface area contributed by atoms with Gasteiger partial charge in [-0.25, -0.2) is 4.79 Å². The number of thiol groups is 1. The number of guanidine groups is 1. The van der Waals surface area contributed by atoms with Gasteiger partial charge in [-0.1, -0.05) is 61.8 Å². The quantitative estimate of drug-likeness (QED) is 0.0116. The van der Waals surface area contributed by atoms with Crippen LogP contribution in [0.1, 0.15) is 121 Å². The molecule has 15 atom stereocenters. The molecule has 590 valence electrons. The number of nitrogens with one attached hydrogen (secondary N) is 14. The van der Waals surface area contributed by atoms with E-state index in [2.05, 4.69) is 81.4 Å². The molecule has 0 unspecified atom stereocenters. The van der Waals surface area contributed by atoms with Gasteiger partial charge in [0.05, 0.1) is 57.9 Å². The number of carbonyl (C=O) groups is 17. The number of hydrogen-bond donors (Lipinski definition) is 25. The molecule has 0 saturated heterocycles. The van der Waals surface area contributed by atoms with E-state index in [1.165, 1.54) is 6.92 Å². The van der Waals surface area contributed by atoms with Gasteiger partial charge in [0, 0.05) is 12.3 Å². The van der Waals surface area contributed by atoms with Gasteiger partial charge in [0.25, 0.3) is 0 Å². The molecule has 0 aliphatic carbocycles. The molecule has 28 N–H and O–H groups in total. The molecule has 15 amide bonds. The Labute approximate surface area is 605 Å². The lowest BCUT2D eigenvalue weighted by molar-refractivity contribution is -0.142. The van der Waals surface area contributed by atoms with Crippen molar-refractivity contribution < 1.29 is 112 Å². The number of aliphatic imine (C=N–C) groups is 1. The van der Waals surface area contributed by atoms with E-state index in [0.717, 1.165) is 13.8 Å². The number of rotatable bonds is 50. The zero-order chi connectivity index (χ0) is 80.0. The predicted octanol–water partition coefficient (Wildman–Crippen LogP) is -10.7. The Bertz CT molecular complexity index is 2990. The van der Waals surface area contributed by atoms with Gasteiger partial charge >= 0.3 is 11.9 Å². The van der Waals surface area contributed by atoms with E-state index in [4.69, 9.17) is 22.9 Å². The van der Waals surface area contributed by atoms with Crippen molar-refractivity contribution in [3.8, 4) is 0 Å². The van der Waals surface area contributed by atoms with Crippen molar-refractivity contribution in [2.75, 3.05) is 45.1 Å². The molecule has 0 aliphatic rings. The molecule has 0 radical (unpaired) electrons.